The monoisotopic (exact) mass is 535 g/mol. The van der Waals surface area contributed by atoms with Gasteiger partial charge in [-0.05, 0) is 50.7 Å². The first kappa shape index (κ1) is 25.6. The molecule has 1 aromatic carbocycles. The summed E-state index contributed by atoms with van der Waals surface area (Å²) in [5.74, 6) is -1.67. The molecule has 3 aromatic rings. The summed E-state index contributed by atoms with van der Waals surface area (Å²) in [6.07, 6.45) is 5.05. The third-order valence-electron chi connectivity index (χ3n) is 7.04. The van der Waals surface area contributed by atoms with Crippen LogP contribution in [0.4, 0.5) is 26.4 Å². The Morgan fingerprint density at radius 2 is 1.92 bits per heavy atom. The van der Waals surface area contributed by atoms with Gasteiger partial charge < -0.3 is 26.2 Å². The van der Waals surface area contributed by atoms with Crippen LogP contribution in [0.25, 0.3) is 11.2 Å². The number of fused-ring (bicyclic) bond motifs is 1. The fraction of sp³-hybridized carbons (Fsp3) is 0.500. The second kappa shape index (κ2) is 10.7. The van der Waals surface area contributed by atoms with Crippen molar-refractivity contribution < 1.29 is 23.4 Å². The normalized spacial score (nSPS) is 24.2. The second-order valence-electron chi connectivity index (χ2n) is 9.53. The predicted molar refractivity (Wildman–Crippen MR) is 134 cm³/mol. The summed E-state index contributed by atoms with van der Waals surface area (Å²) in [5, 5.41) is 15.5. The van der Waals surface area contributed by atoms with Crippen molar-refractivity contribution in [3.63, 3.8) is 0 Å². The van der Waals surface area contributed by atoms with E-state index in [2.05, 4.69) is 20.6 Å². The molecule has 0 spiro atoms. The summed E-state index contributed by atoms with van der Waals surface area (Å²) < 4.78 is 36.6. The van der Waals surface area contributed by atoms with Crippen molar-refractivity contribution in [2.24, 2.45) is 11.7 Å². The first-order chi connectivity index (χ1) is 17.8. The molecule has 37 heavy (non-hydrogen) atoms. The largest absolute Gasteiger partial charge is 0.394 e. The molecule has 0 radical (unpaired) electrons. The zero-order valence-corrected chi connectivity index (χ0v) is 20.7. The van der Waals surface area contributed by atoms with E-state index >= 15 is 0 Å². The molecule has 5 rings (SSSR count). The third kappa shape index (κ3) is 5.46. The average Bonchev–Trinajstić information content (AvgIpc) is 3.23. The number of amides is 1. The Morgan fingerprint density at radius 1 is 1.19 bits per heavy atom. The molecule has 2 aromatic heterocycles. The number of hydrogen-bond donors (Lipinski definition) is 4. The summed E-state index contributed by atoms with van der Waals surface area (Å²) in [6.45, 7) is 0.449. The number of ether oxygens (including phenoxy) is 1. The van der Waals surface area contributed by atoms with Crippen LogP contribution in [0.3, 0.4) is 0 Å². The Hall–Kier alpha value is -3.09. The molecule has 0 bridgehead atoms. The lowest BCUT2D eigenvalue weighted by Crippen LogP contribution is -2.36. The quantitative estimate of drug-likeness (QED) is 0.359. The number of benzene rings is 1. The zero-order valence-electron chi connectivity index (χ0n) is 20.0. The Labute approximate surface area is 216 Å². The van der Waals surface area contributed by atoms with Crippen molar-refractivity contribution in [2.75, 3.05) is 23.8 Å². The van der Waals surface area contributed by atoms with Gasteiger partial charge in [0, 0.05) is 29.6 Å². The van der Waals surface area contributed by atoms with Crippen molar-refractivity contribution >= 4 is 46.3 Å². The van der Waals surface area contributed by atoms with Gasteiger partial charge >= 0.3 is 0 Å². The molecule has 1 saturated carbocycles. The van der Waals surface area contributed by atoms with E-state index in [1.165, 1.54) is 0 Å². The highest BCUT2D eigenvalue weighted by Crippen LogP contribution is 2.38. The molecular formula is C24H28ClF2N7O3. The molecule has 1 aliphatic heterocycles. The van der Waals surface area contributed by atoms with E-state index in [1.54, 1.807) is 6.20 Å². The molecular weight excluding hydrogens is 508 g/mol. The van der Waals surface area contributed by atoms with Gasteiger partial charge in [-0.15, -0.1) is 0 Å². The van der Waals surface area contributed by atoms with Crippen molar-refractivity contribution in [1.29, 1.82) is 0 Å². The maximum absolute atomic E-state index is 14.6. The maximum atomic E-state index is 14.6. The van der Waals surface area contributed by atoms with Gasteiger partial charge in [0.25, 0.3) is 0 Å². The molecule has 3 heterocycles. The topological polar surface area (TPSA) is 140 Å². The number of imidazole rings is 1. The van der Waals surface area contributed by atoms with Crippen LogP contribution in [0.1, 0.15) is 44.6 Å². The number of aliphatic hydroxyl groups excluding tert-OH is 1. The number of rotatable bonds is 7. The summed E-state index contributed by atoms with van der Waals surface area (Å²) in [4.78, 5) is 25.3. The SMILES string of the molecule is NC(=O)[C@H]1CC[C@@H](n2c(Nc3c(F)cc(Cl)cc3F)nc3cnc(N[C@@H]4CCO[C@H](CO)C4)nc32)CC1. The van der Waals surface area contributed by atoms with Gasteiger partial charge in [0.15, 0.2) is 17.3 Å². The number of hydrogen-bond acceptors (Lipinski definition) is 8. The molecule has 5 N–H and O–H groups in total. The summed E-state index contributed by atoms with van der Waals surface area (Å²) in [6, 6.07) is 1.92. The number of primary amides is 1. The molecule has 1 saturated heterocycles. The smallest absolute Gasteiger partial charge is 0.224 e. The van der Waals surface area contributed by atoms with E-state index in [-0.39, 0.29) is 53.3 Å². The molecule has 2 fully saturated rings. The van der Waals surface area contributed by atoms with Crippen molar-refractivity contribution in [3.8, 4) is 0 Å². The lowest BCUT2D eigenvalue weighted by Gasteiger charge is -2.29. The van der Waals surface area contributed by atoms with Crippen LogP contribution in [0.15, 0.2) is 18.3 Å². The summed E-state index contributed by atoms with van der Waals surface area (Å²) in [7, 11) is 0. The van der Waals surface area contributed by atoms with Gasteiger partial charge in [-0.25, -0.2) is 18.7 Å². The van der Waals surface area contributed by atoms with E-state index < -0.39 is 11.6 Å². The molecule has 198 valence electrons. The number of aliphatic hydroxyl groups is 1. The first-order valence-corrected chi connectivity index (χ1v) is 12.6. The number of nitrogens with zero attached hydrogens (tertiary/aromatic N) is 4. The number of carbonyl (C=O) groups excluding carboxylic acids is 1. The fourth-order valence-electron chi connectivity index (χ4n) is 5.11. The van der Waals surface area contributed by atoms with Gasteiger partial charge in [-0.1, -0.05) is 11.6 Å². The molecule has 13 heteroatoms. The van der Waals surface area contributed by atoms with Crippen molar-refractivity contribution in [2.45, 2.75) is 56.7 Å². The Bertz CT molecular complexity index is 1280. The van der Waals surface area contributed by atoms with E-state index in [4.69, 9.17) is 27.1 Å². The standard InChI is InChI=1S/C24H28ClF2N7O3/c25-13-7-17(26)20(18(27)8-13)32-24-31-19-10-29-23(30-14-5-6-37-16(9-14)11-35)33-22(19)34(24)15-3-1-12(2-4-15)21(28)36/h7-8,10,12,14-16,35H,1-6,9,11H2,(H2,28,36)(H,31,32)(H,29,30,33)/t12-,14-,15+,16+/m1/s1. The molecule has 1 amide bonds. The number of nitrogens with two attached hydrogens (primary N) is 1. The molecule has 1 aliphatic carbocycles. The highest BCUT2D eigenvalue weighted by molar-refractivity contribution is 6.30. The van der Waals surface area contributed by atoms with Crippen LogP contribution >= 0.6 is 11.6 Å². The van der Waals surface area contributed by atoms with E-state index in [0.717, 1.165) is 18.6 Å². The van der Waals surface area contributed by atoms with Crippen LogP contribution in [0, 0.1) is 17.6 Å². The lowest BCUT2D eigenvalue weighted by atomic mass is 9.85. The lowest BCUT2D eigenvalue weighted by molar-refractivity contribution is -0.122. The molecule has 0 unspecified atom stereocenters. The van der Waals surface area contributed by atoms with Gasteiger partial charge in [0.1, 0.15) is 11.2 Å². The van der Waals surface area contributed by atoms with Crippen LogP contribution in [-0.4, -0.2) is 55.9 Å². The summed E-state index contributed by atoms with van der Waals surface area (Å²) in [5.41, 5.74) is 6.06. The van der Waals surface area contributed by atoms with E-state index in [0.29, 0.717) is 55.8 Å². The fourth-order valence-corrected chi connectivity index (χ4v) is 5.30. The van der Waals surface area contributed by atoms with Gasteiger partial charge in [0.2, 0.25) is 17.8 Å². The van der Waals surface area contributed by atoms with Gasteiger partial charge in [0.05, 0.1) is 18.9 Å². The van der Waals surface area contributed by atoms with Gasteiger partial charge in [-0.3, -0.25) is 9.36 Å². The first-order valence-electron chi connectivity index (χ1n) is 12.3. The Kier molecular flexibility index (Phi) is 7.40. The maximum Gasteiger partial charge on any atom is 0.224 e. The number of carbonyl (C=O) groups is 1. The van der Waals surface area contributed by atoms with E-state index in [1.807, 2.05) is 4.57 Å². The minimum atomic E-state index is -0.854. The van der Waals surface area contributed by atoms with Crippen LogP contribution in [0.5, 0.6) is 0 Å². The average molecular weight is 536 g/mol. The molecule has 2 atom stereocenters. The van der Waals surface area contributed by atoms with Crippen LogP contribution in [-0.2, 0) is 9.53 Å². The number of nitrogens with one attached hydrogen (secondary N) is 2. The summed E-state index contributed by atoms with van der Waals surface area (Å²) >= 11 is 5.78. The minimum Gasteiger partial charge on any atom is -0.394 e. The van der Waals surface area contributed by atoms with Crippen molar-refractivity contribution in [3.05, 3.63) is 35.0 Å². The highest BCUT2D eigenvalue weighted by atomic mass is 35.5. The zero-order chi connectivity index (χ0) is 26.1. The Balaban J connectivity index is 1.50. The number of halogens is 3. The highest BCUT2D eigenvalue weighted by Gasteiger charge is 2.30. The van der Waals surface area contributed by atoms with E-state index in [9.17, 15) is 18.7 Å². The Morgan fingerprint density at radius 3 is 2.59 bits per heavy atom. The minimum absolute atomic E-state index is 0.0144. The van der Waals surface area contributed by atoms with Crippen LogP contribution in [0.2, 0.25) is 5.02 Å². The number of aromatic nitrogens is 4. The molecule has 2 aliphatic rings. The van der Waals surface area contributed by atoms with Crippen LogP contribution < -0.4 is 16.4 Å². The molecule has 10 nitrogen and oxygen atoms in total. The predicted octanol–water partition coefficient (Wildman–Crippen LogP) is 3.67. The van der Waals surface area contributed by atoms with Crippen molar-refractivity contribution in [1.82, 2.24) is 19.5 Å². The number of anilines is 3. The van der Waals surface area contributed by atoms with Gasteiger partial charge in [-0.2, -0.15) is 4.98 Å². The third-order valence-corrected chi connectivity index (χ3v) is 7.26. The second-order valence-corrected chi connectivity index (χ2v) is 9.96.